The predicted octanol–water partition coefficient (Wildman–Crippen LogP) is 1.41. The summed E-state index contributed by atoms with van der Waals surface area (Å²) in [7, 11) is 0. The molecule has 15 heavy (non-hydrogen) atoms. The first kappa shape index (κ1) is 10.2. The van der Waals surface area contributed by atoms with Gasteiger partial charge in [0.2, 0.25) is 0 Å². The van der Waals surface area contributed by atoms with E-state index in [0.717, 1.165) is 12.8 Å². The third-order valence-electron chi connectivity index (χ3n) is 2.92. The van der Waals surface area contributed by atoms with Crippen LogP contribution in [0.1, 0.15) is 42.4 Å². The summed E-state index contributed by atoms with van der Waals surface area (Å²) in [4.78, 5) is 10.5. The van der Waals surface area contributed by atoms with E-state index in [-0.39, 0.29) is 11.2 Å². The van der Waals surface area contributed by atoms with Crippen LogP contribution in [0.25, 0.3) is 0 Å². The molecule has 0 saturated heterocycles. The zero-order valence-electron chi connectivity index (χ0n) is 8.62. The molecule has 5 nitrogen and oxygen atoms in total. The van der Waals surface area contributed by atoms with Crippen LogP contribution in [0.4, 0.5) is 0 Å². The van der Waals surface area contributed by atoms with Gasteiger partial charge in [-0.2, -0.15) is 0 Å². The van der Waals surface area contributed by atoms with Crippen LogP contribution in [0, 0.1) is 0 Å². The van der Waals surface area contributed by atoms with Crippen LogP contribution in [0.15, 0.2) is 10.6 Å². The fourth-order valence-corrected chi connectivity index (χ4v) is 1.68. The van der Waals surface area contributed by atoms with Gasteiger partial charge in [0.05, 0.1) is 6.54 Å². The number of nitrogens with one attached hydrogen (secondary N) is 1. The van der Waals surface area contributed by atoms with Gasteiger partial charge in [0.25, 0.3) is 0 Å². The van der Waals surface area contributed by atoms with E-state index in [2.05, 4.69) is 17.4 Å². The molecular formula is C10H14N2O3. The normalized spacial score (nSPS) is 18.5. The molecule has 2 rings (SSSR count). The van der Waals surface area contributed by atoms with Crippen LogP contribution in [-0.4, -0.2) is 21.8 Å². The maximum absolute atomic E-state index is 10.5. The largest absolute Gasteiger partial charge is 0.476 e. The number of aromatic nitrogens is 1. The highest BCUT2D eigenvalue weighted by Gasteiger charge is 2.31. The van der Waals surface area contributed by atoms with Gasteiger partial charge in [-0.15, -0.1) is 0 Å². The molecule has 1 aliphatic carbocycles. The summed E-state index contributed by atoms with van der Waals surface area (Å²) in [5, 5.41) is 15.4. The Morgan fingerprint density at radius 1 is 1.73 bits per heavy atom. The van der Waals surface area contributed by atoms with E-state index in [1.165, 1.54) is 12.5 Å². The van der Waals surface area contributed by atoms with Gasteiger partial charge in [0.15, 0.2) is 11.5 Å². The van der Waals surface area contributed by atoms with E-state index in [0.29, 0.717) is 12.3 Å². The minimum atomic E-state index is -1.06. The minimum absolute atomic E-state index is 0.0365. The first-order valence-electron chi connectivity index (χ1n) is 5.03. The smallest absolute Gasteiger partial charge is 0.358 e. The maximum atomic E-state index is 10.5. The Morgan fingerprint density at radius 2 is 2.47 bits per heavy atom. The molecule has 0 atom stereocenters. The summed E-state index contributed by atoms with van der Waals surface area (Å²) in [6.07, 6.45) is 3.57. The molecule has 0 aromatic carbocycles. The van der Waals surface area contributed by atoms with E-state index in [1.807, 2.05) is 0 Å². The highest BCUT2D eigenvalue weighted by atomic mass is 16.5. The van der Waals surface area contributed by atoms with Gasteiger partial charge in [0, 0.05) is 11.6 Å². The Hall–Kier alpha value is -1.36. The quantitative estimate of drug-likeness (QED) is 0.785. The molecule has 2 N–H and O–H groups in total. The van der Waals surface area contributed by atoms with Crippen LogP contribution in [0.2, 0.25) is 0 Å². The number of aromatic carboxylic acids is 1. The van der Waals surface area contributed by atoms with E-state index in [4.69, 9.17) is 9.63 Å². The summed E-state index contributed by atoms with van der Waals surface area (Å²) in [5.74, 6) is -0.486. The lowest BCUT2D eigenvalue weighted by atomic mass is 9.78. The number of nitrogens with zero attached hydrogens (tertiary/aromatic N) is 1. The van der Waals surface area contributed by atoms with Gasteiger partial charge >= 0.3 is 5.97 Å². The lowest BCUT2D eigenvalue weighted by Crippen LogP contribution is -2.47. The van der Waals surface area contributed by atoms with Gasteiger partial charge in [-0.25, -0.2) is 4.79 Å². The highest BCUT2D eigenvalue weighted by molar-refractivity contribution is 5.85. The van der Waals surface area contributed by atoms with Crippen LogP contribution < -0.4 is 5.32 Å². The van der Waals surface area contributed by atoms with Crippen LogP contribution in [0.3, 0.4) is 0 Å². The number of hydrogen-bond acceptors (Lipinski definition) is 4. The molecule has 0 unspecified atom stereocenters. The highest BCUT2D eigenvalue weighted by Crippen LogP contribution is 2.31. The van der Waals surface area contributed by atoms with E-state index in [9.17, 15) is 4.79 Å². The SMILES string of the molecule is CC1(NCc2cc(C(=O)O)no2)CCC1. The standard InChI is InChI=1S/C10H14N2O3/c1-10(3-2-4-10)11-6-7-5-8(9(13)14)12-15-7/h5,11H,2-4,6H2,1H3,(H,13,14). The third kappa shape index (κ3) is 2.18. The summed E-state index contributed by atoms with van der Waals surface area (Å²) in [6.45, 7) is 2.70. The van der Waals surface area contributed by atoms with Crippen LogP contribution in [0.5, 0.6) is 0 Å². The average molecular weight is 210 g/mol. The molecule has 82 valence electrons. The van der Waals surface area contributed by atoms with Crippen molar-refractivity contribution in [2.24, 2.45) is 0 Å². The number of rotatable bonds is 4. The maximum Gasteiger partial charge on any atom is 0.358 e. The molecule has 0 bridgehead atoms. The van der Waals surface area contributed by atoms with Crippen molar-refractivity contribution in [3.8, 4) is 0 Å². The molecule has 0 radical (unpaired) electrons. The Morgan fingerprint density at radius 3 is 2.93 bits per heavy atom. The fourth-order valence-electron chi connectivity index (χ4n) is 1.68. The Labute approximate surface area is 87.5 Å². The monoisotopic (exact) mass is 210 g/mol. The first-order chi connectivity index (χ1) is 7.09. The van der Waals surface area contributed by atoms with Crippen molar-refractivity contribution in [3.63, 3.8) is 0 Å². The molecule has 1 saturated carbocycles. The molecular weight excluding hydrogens is 196 g/mol. The molecule has 1 heterocycles. The van der Waals surface area contributed by atoms with Crippen molar-refractivity contribution in [2.75, 3.05) is 0 Å². The van der Waals surface area contributed by atoms with E-state index < -0.39 is 5.97 Å². The van der Waals surface area contributed by atoms with Gasteiger partial charge in [-0.3, -0.25) is 0 Å². The van der Waals surface area contributed by atoms with Crippen molar-refractivity contribution in [2.45, 2.75) is 38.3 Å². The Kier molecular flexibility index (Phi) is 2.48. The third-order valence-corrected chi connectivity index (χ3v) is 2.92. The van der Waals surface area contributed by atoms with E-state index in [1.54, 1.807) is 0 Å². The summed E-state index contributed by atoms with van der Waals surface area (Å²) >= 11 is 0. The lowest BCUT2D eigenvalue weighted by Gasteiger charge is -2.39. The van der Waals surface area contributed by atoms with Crippen LogP contribution in [-0.2, 0) is 6.54 Å². The molecule has 1 aromatic heterocycles. The number of carbonyl (C=O) groups is 1. The minimum Gasteiger partial charge on any atom is -0.476 e. The molecule has 1 aromatic rings. The second-order valence-electron chi connectivity index (χ2n) is 4.25. The van der Waals surface area contributed by atoms with Crippen molar-refractivity contribution in [3.05, 3.63) is 17.5 Å². The lowest BCUT2D eigenvalue weighted by molar-refractivity contribution is 0.0685. The average Bonchev–Trinajstić information content (AvgIpc) is 2.60. The zero-order chi connectivity index (χ0) is 10.9. The number of carboxylic acids is 1. The number of hydrogen-bond donors (Lipinski definition) is 2. The van der Waals surface area contributed by atoms with Gasteiger partial charge in [-0.1, -0.05) is 5.16 Å². The van der Waals surface area contributed by atoms with Crippen LogP contribution >= 0.6 is 0 Å². The molecule has 0 amide bonds. The molecule has 1 fully saturated rings. The molecule has 1 aliphatic rings. The topological polar surface area (TPSA) is 75.4 Å². The van der Waals surface area contributed by atoms with Gasteiger partial charge in [0.1, 0.15) is 0 Å². The molecule has 0 spiro atoms. The van der Waals surface area contributed by atoms with Crippen molar-refractivity contribution in [1.82, 2.24) is 10.5 Å². The van der Waals surface area contributed by atoms with E-state index >= 15 is 0 Å². The molecule has 0 aliphatic heterocycles. The number of carboxylic acid groups (broad SMARTS) is 1. The summed E-state index contributed by atoms with van der Waals surface area (Å²) in [6, 6.07) is 1.46. The summed E-state index contributed by atoms with van der Waals surface area (Å²) < 4.78 is 4.90. The van der Waals surface area contributed by atoms with Gasteiger partial charge < -0.3 is 14.9 Å². The summed E-state index contributed by atoms with van der Waals surface area (Å²) in [5.41, 5.74) is 0.154. The van der Waals surface area contributed by atoms with Crippen molar-refractivity contribution >= 4 is 5.97 Å². The predicted molar refractivity (Wildman–Crippen MR) is 52.6 cm³/mol. The van der Waals surface area contributed by atoms with Crippen molar-refractivity contribution < 1.29 is 14.4 Å². The van der Waals surface area contributed by atoms with Gasteiger partial charge in [-0.05, 0) is 26.2 Å². The fraction of sp³-hybridized carbons (Fsp3) is 0.600. The second kappa shape index (κ2) is 3.66. The zero-order valence-corrected chi connectivity index (χ0v) is 8.62. The first-order valence-corrected chi connectivity index (χ1v) is 5.03. The molecule has 5 heteroatoms. The Bertz CT molecular complexity index is 368. The Balaban J connectivity index is 1.90. The second-order valence-corrected chi connectivity index (χ2v) is 4.25. The van der Waals surface area contributed by atoms with Crippen molar-refractivity contribution in [1.29, 1.82) is 0 Å².